The highest BCUT2D eigenvalue weighted by molar-refractivity contribution is 7.17. The van der Waals surface area contributed by atoms with Gasteiger partial charge in [-0.05, 0) is 60.7 Å². The lowest BCUT2D eigenvalue weighted by molar-refractivity contribution is 0.222. The van der Waals surface area contributed by atoms with Gasteiger partial charge in [0, 0.05) is 16.8 Å². The maximum atomic E-state index is 6.03. The lowest BCUT2D eigenvalue weighted by Crippen LogP contribution is -2.29. The molecular formula is C16H20N2S. The third-order valence-corrected chi connectivity index (χ3v) is 5.69. The third kappa shape index (κ3) is 1.92. The summed E-state index contributed by atoms with van der Waals surface area (Å²) in [4.78, 5) is 2.73. The van der Waals surface area contributed by atoms with E-state index in [1.807, 2.05) is 11.3 Å². The second-order valence-corrected chi connectivity index (χ2v) is 6.80. The summed E-state index contributed by atoms with van der Waals surface area (Å²) in [7, 11) is 0. The smallest absolute Gasteiger partial charge is 0.0406 e. The normalized spacial score (nSPS) is 28.3. The van der Waals surface area contributed by atoms with Gasteiger partial charge in [-0.2, -0.15) is 0 Å². The van der Waals surface area contributed by atoms with E-state index in [4.69, 9.17) is 5.73 Å². The SMILES string of the molecule is NCC1CCN(C2CC2)C1c1csc2ccccc12. The van der Waals surface area contributed by atoms with Crippen LogP contribution in [-0.4, -0.2) is 24.0 Å². The van der Waals surface area contributed by atoms with Gasteiger partial charge in [-0.1, -0.05) is 18.2 Å². The Morgan fingerprint density at radius 2 is 2.05 bits per heavy atom. The summed E-state index contributed by atoms with van der Waals surface area (Å²) in [6.07, 6.45) is 4.04. The molecule has 1 saturated heterocycles. The summed E-state index contributed by atoms with van der Waals surface area (Å²) in [6.45, 7) is 2.05. The molecule has 2 unspecified atom stereocenters. The molecule has 0 bridgehead atoms. The molecule has 0 radical (unpaired) electrons. The fraction of sp³-hybridized carbons (Fsp3) is 0.500. The summed E-state index contributed by atoms with van der Waals surface area (Å²) >= 11 is 1.88. The molecule has 2 nitrogen and oxygen atoms in total. The highest BCUT2D eigenvalue weighted by atomic mass is 32.1. The lowest BCUT2D eigenvalue weighted by atomic mass is 9.93. The Balaban J connectivity index is 1.79. The molecule has 2 aromatic rings. The lowest BCUT2D eigenvalue weighted by Gasteiger charge is -2.27. The van der Waals surface area contributed by atoms with Gasteiger partial charge in [0.15, 0.2) is 0 Å². The number of benzene rings is 1. The van der Waals surface area contributed by atoms with Crippen molar-refractivity contribution in [3.63, 3.8) is 0 Å². The number of nitrogens with zero attached hydrogens (tertiary/aromatic N) is 1. The first kappa shape index (κ1) is 11.9. The average Bonchev–Trinajstić information content (AvgIpc) is 3.07. The van der Waals surface area contributed by atoms with Crippen LogP contribution in [0.25, 0.3) is 10.1 Å². The molecule has 2 N–H and O–H groups in total. The van der Waals surface area contributed by atoms with Crippen molar-refractivity contribution < 1.29 is 0 Å². The Morgan fingerprint density at radius 3 is 2.84 bits per heavy atom. The summed E-state index contributed by atoms with van der Waals surface area (Å²) in [6, 6.07) is 10.2. The number of thiophene rings is 1. The summed E-state index contributed by atoms with van der Waals surface area (Å²) in [5.41, 5.74) is 7.56. The molecule has 2 aliphatic rings. The molecular weight excluding hydrogens is 252 g/mol. The van der Waals surface area contributed by atoms with Gasteiger partial charge < -0.3 is 5.73 Å². The van der Waals surface area contributed by atoms with Crippen molar-refractivity contribution in [2.75, 3.05) is 13.1 Å². The summed E-state index contributed by atoms with van der Waals surface area (Å²) in [5, 5.41) is 3.82. The molecule has 100 valence electrons. The standard InChI is InChI=1S/C16H20N2S/c17-9-11-7-8-18(12-5-6-12)16(11)14-10-19-15-4-2-1-3-13(14)15/h1-4,10-12,16H,5-9,17H2. The molecule has 1 saturated carbocycles. The fourth-order valence-electron chi connectivity index (χ4n) is 3.61. The number of hydrogen-bond acceptors (Lipinski definition) is 3. The predicted molar refractivity (Wildman–Crippen MR) is 81.5 cm³/mol. The van der Waals surface area contributed by atoms with Crippen molar-refractivity contribution in [1.82, 2.24) is 4.90 Å². The minimum Gasteiger partial charge on any atom is -0.330 e. The van der Waals surface area contributed by atoms with Crippen LogP contribution in [0.15, 0.2) is 29.6 Å². The fourth-order valence-corrected chi connectivity index (χ4v) is 4.60. The molecule has 4 rings (SSSR count). The average molecular weight is 272 g/mol. The van der Waals surface area contributed by atoms with Gasteiger partial charge in [-0.15, -0.1) is 11.3 Å². The van der Waals surface area contributed by atoms with E-state index < -0.39 is 0 Å². The molecule has 19 heavy (non-hydrogen) atoms. The van der Waals surface area contributed by atoms with Gasteiger partial charge in [-0.25, -0.2) is 0 Å². The molecule has 2 heterocycles. The second-order valence-electron chi connectivity index (χ2n) is 5.89. The molecule has 1 aromatic heterocycles. The third-order valence-electron chi connectivity index (χ3n) is 4.71. The largest absolute Gasteiger partial charge is 0.330 e. The minimum absolute atomic E-state index is 0.564. The van der Waals surface area contributed by atoms with E-state index >= 15 is 0 Å². The quantitative estimate of drug-likeness (QED) is 0.928. The van der Waals surface area contributed by atoms with Gasteiger partial charge in [0.05, 0.1) is 0 Å². The van der Waals surface area contributed by atoms with Gasteiger partial charge >= 0.3 is 0 Å². The van der Waals surface area contributed by atoms with Gasteiger partial charge in [0.1, 0.15) is 0 Å². The topological polar surface area (TPSA) is 29.3 Å². The number of fused-ring (bicyclic) bond motifs is 1. The Bertz CT molecular complexity index is 587. The van der Waals surface area contributed by atoms with Crippen LogP contribution in [0.5, 0.6) is 0 Å². The van der Waals surface area contributed by atoms with E-state index in [1.165, 1.54) is 41.5 Å². The first-order valence-electron chi connectivity index (χ1n) is 7.30. The number of likely N-dealkylation sites (tertiary alicyclic amines) is 1. The van der Waals surface area contributed by atoms with Crippen LogP contribution >= 0.6 is 11.3 Å². The van der Waals surface area contributed by atoms with E-state index in [-0.39, 0.29) is 0 Å². The van der Waals surface area contributed by atoms with Crippen LogP contribution in [-0.2, 0) is 0 Å². The maximum Gasteiger partial charge on any atom is 0.0406 e. The first-order valence-corrected chi connectivity index (χ1v) is 8.18. The number of nitrogens with two attached hydrogens (primary N) is 1. The molecule has 3 heteroatoms. The van der Waals surface area contributed by atoms with E-state index in [1.54, 1.807) is 0 Å². The molecule has 1 aliphatic heterocycles. The zero-order valence-electron chi connectivity index (χ0n) is 11.1. The Labute approximate surface area is 118 Å². The van der Waals surface area contributed by atoms with Crippen molar-refractivity contribution in [2.24, 2.45) is 11.7 Å². The maximum absolute atomic E-state index is 6.03. The van der Waals surface area contributed by atoms with Crippen LogP contribution in [0.4, 0.5) is 0 Å². The van der Waals surface area contributed by atoms with Crippen molar-refractivity contribution in [1.29, 1.82) is 0 Å². The summed E-state index contributed by atoms with van der Waals surface area (Å²) < 4.78 is 1.41. The van der Waals surface area contributed by atoms with Gasteiger partial charge in [-0.3, -0.25) is 4.90 Å². The van der Waals surface area contributed by atoms with Crippen LogP contribution in [0, 0.1) is 5.92 Å². The number of hydrogen-bond donors (Lipinski definition) is 1. The monoisotopic (exact) mass is 272 g/mol. The van der Waals surface area contributed by atoms with E-state index in [0.717, 1.165) is 12.6 Å². The zero-order chi connectivity index (χ0) is 12.8. The molecule has 0 amide bonds. The van der Waals surface area contributed by atoms with Crippen molar-refractivity contribution in [3.05, 3.63) is 35.2 Å². The molecule has 2 atom stereocenters. The van der Waals surface area contributed by atoms with Gasteiger partial charge in [0.25, 0.3) is 0 Å². The molecule has 1 aliphatic carbocycles. The van der Waals surface area contributed by atoms with Crippen molar-refractivity contribution in [3.8, 4) is 0 Å². The minimum atomic E-state index is 0.564. The zero-order valence-corrected chi connectivity index (χ0v) is 11.9. The van der Waals surface area contributed by atoms with E-state index in [2.05, 4.69) is 34.5 Å². The van der Waals surface area contributed by atoms with Gasteiger partial charge in [0.2, 0.25) is 0 Å². The van der Waals surface area contributed by atoms with Crippen LogP contribution in [0.1, 0.15) is 30.9 Å². The summed E-state index contributed by atoms with van der Waals surface area (Å²) in [5.74, 6) is 0.638. The molecule has 2 fully saturated rings. The Kier molecular flexibility index (Phi) is 2.87. The van der Waals surface area contributed by atoms with E-state index in [0.29, 0.717) is 12.0 Å². The number of rotatable bonds is 3. The van der Waals surface area contributed by atoms with Crippen LogP contribution < -0.4 is 5.73 Å². The van der Waals surface area contributed by atoms with Crippen LogP contribution in [0.2, 0.25) is 0 Å². The molecule has 0 spiro atoms. The Morgan fingerprint density at radius 1 is 1.21 bits per heavy atom. The predicted octanol–water partition coefficient (Wildman–Crippen LogP) is 3.39. The van der Waals surface area contributed by atoms with E-state index in [9.17, 15) is 0 Å². The molecule has 1 aromatic carbocycles. The first-order chi connectivity index (χ1) is 9.38. The van der Waals surface area contributed by atoms with Crippen molar-refractivity contribution >= 4 is 21.4 Å². The highest BCUT2D eigenvalue weighted by Crippen LogP contribution is 2.46. The van der Waals surface area contributed by atoms with Crippen LogP contribution in [0.3, 0.4) is 0 Å². The Hall–Kier alpha value is -0.900. The second kappa shape index (κ2) is 4.58. The highest BCUT2D eigenvalue weighted by Gasteiger charge is 2.42. The van der Waals surface area contributed by atoms with Crippen molar-refractivity contribution in [2.45, 2.75) is 31.3 Å².